The van der Waals surface area contributed by atoms with Crippen LogP contribution >= 0.6 is 0 Å². The van der Waals surface area contributed by atoms with Gasteiger partial charge in [-0.05, 0) is 91.8 Å². The van der Waals surface area contributed by atoms with E-state index in [4.69, 9.17) is 9.47 Å². The van der Waals surface area contributed by atoms with E-state index >= 15 is 0 Å². The molecule has 0 aromatic rings. The lowest BCUT2D eigenvalue weighted by atomic mass is 9.42. The van der Waals surface area contributed by atoms with Gasteiger partial charge in [0.1, 0.15) is 18.3 Å². The summed E-state index contributed by atoms with van der Waals surface area (Å²) in [6.07, 6.45) is -0.461. The highest BCUT2D eigenvalue weighted by atomic mass is 16.7. The van der Waals surface area contributed by atoms with Crippen LogP contribution in [0.4, 0.5) is 0 Å². The van der Waals surface area contributed by atoms with Gasteiger partial charge in [0.25, 0.3) is 0 Å². The number of ether oxygens (including phenoxy) is 2. The van der Waals surface area contributed by atoms with E-state index in [0.29, 0.717) is 25.7 Å². The smallest absolute Gasteiger partial charge is 0.186 e. The molecule has 1 saturated heterocycles. The van der Waals surface area contributed by atoms with Crippen molar-refractivity contribution in [1.29, 1.82) is 0 Å². The fourth-order valence-corrected chi connectivity index (χ4v) is 10.7. The molecule has 1 aliphatic heterocycles. The van der Waals surface area contributed by atoms with Crippen molar-refractivity contribution in [3.8, 4) is 0 Å². The van der Waals surface area contributed by atoms with Gasteiger partial charge in [-0.15, -0.1) is 0 Å². The summed E-state index contributed by atoms with van der Waals surface area (Å²) >= 11 is 0. The highest BCUT2D eigenvalue weighted by molar-refractivity contribution is 5.20. The first-order valence-electron chi connectivity index (χ1n) is 16.2. The third-order valence-corrected chi connectivity index (χ3v) is 12.8. The Labute approximate surface area is 245 Å². The molecule has 0 aromatic heterocycles. The standard InChI is InChI=1S/C32H56O9/c1-16(2)24(41-29-27(38)26(37)23(36)15-40-29)7-6-17(3)19-13-21(34)28-31(19,5)11-9-25-30(4)10-8-18(33)12-20(30)22(35)14-32(25,28)39/h16-29,33-39H,6-15H2,1-5H3/t17-,18+,19-,20?,21-,22+,23?,24+,25?,26?,27?,28?,29?,30+,31-,32+/m1/s1. The Balaban J connectivity index is 1.29. The molecule has 16 atom stereocenters. The fraction of sp³-hybridized carbons (Fsp3) is 1.00. The summed E-state index contributed by atoms with van der Waals surface area (Å²) in [5, 5.41) is 76.0. The molecular weight excluding hydrogens is 528 g/mol. The SMILES string of the molecule is CC(C)[C@H](CC[C@@H](C)[C@H]1C[C@@H](O)C2[C@]3(O)C[C@H](O)C4C[C@@H](O)CC[C@]4(C)C3CC[C@@]21C)OC1OCC(O)C(O)C1O. The molecule has 9 nitrogen and oxygen atoms in total. The average Bonchev–Trinajstić information content (AvgIpc) is 3.18. The van der Waals surface area contributed by atoms with Crippen LogP contribution in [0.2, 0.25) is 0 Å². The normalized spacial score (nSPS) is 53.3. The van der Waals surface area contributed by atoms with E-state index in [9.17, 15) is 35.7 Å². The maximum atomic E-state index is 12.5. The van der Waals surface area contributed by atoms with Crippen molar-refractivity contribution in [2.45, 2.75) is 147 Å². The van der Waals surface area contributed by atoms with Gasteiger partial charge in [-0.1, -0.05) is 34.6 Å². The van der Waals surface area contributed by atoms with Crippen LogP contribution in [0, 0.1) is 46.3 Å². The van der Waals surface area contributed by atoms with E-state index in [1.165, 1.54) is 0 Å². The minimum Gasteiger partial charge on any atom is -0.393 e. The average molecular weight is 585 g/mol. The van der Waals surface area contributed by atoms with Gasteiger partial charge in [0.05, 0.1) is 36.6 Å². The Morgan fingerprint density at radius 3 is 2.20 bits per heavy atom. The Hall–Kier alpha value is -0.360. The first-order valence-corrected chi connectivity index (χ1v) is 16.2. The lowest BCUT2D eigenvalue weighted by molar-refractivity contribution is -0.287. The van der Waals surface area contributed by atoms with Crippen molar-refractivity contribution in [3.63, 3.8) is 0 Å². The van der Waals surface area contributed by atoms with Crippen LogP contribution in [0.15, 0.2) is 0 Å². The molecule has 238 valence electrons. The second-order valence-corrected chi connectivity index (χ2v) is 15.5. The molecule has 7 unspecified atom stereocenters. The van der Waals surface area contributed by atoms with E-state index in [1.807, 2.05) is 0 Å². The van der Waals surface area contributed by atoms with Gasteiger partial charge in [-0.3, -0.25) is 0 Å². The second kappa shape index (κ2) is 11.5. The van der Waals surface area contributed by atoms with Crippen LogP contribution in [0.5, 0.6) is 0 Å². The zero-order chi connectivity index (χ0) is 30.1. The summed E-state index contributed by atoms with van der Waals surface area (Å²) < 4.78 is 11.6. The van der Waals surface area contributed by atoms with Gasteiger partial charge < -0.3 is 45.2 Å². The lowest BCUT2D eigenvalue weighted by Gasteiger charge is -2.66. The second-order valence-electron chi connectivity index (χ2n) is 15.5. The van der Waals surface area contributed by atoms with Gasteiger partial charge in [0, 0.05) is 12.3 Å². The summed E-state index contributed by atoms with van der Waals surface area (Å²) in [5.41, 5.74) is -1.66. The molecule has 0 spiro atoms. The molecule has 5 fully saturated rings. The van der Waals surface area contributed by atoms with E-state index in [1.54, 1.807) is 0 Å². The molecule has 4 saturated carbocycles. The molecule has 5 aliphatic rings. The van der Waals surface area contributed by atoms with Crippen molar-refractivity contribution >= 4 is 0 Å². The molecule has 0 radical (unpaired) electrons. The van der Waals surface area contributed by atoms with Crippen LogP contribution in [-0.4, -0.2) is 97.0 Å². The van der Waals surface area contributed by atoms with Crippen LogP contribution in [0.3, 0.4) is 0 Å². The molecule has 1 heterocycles. The Bertz CT molecular complexity index is 918. The molecule has 7 N–H and O–H groups in total. The van der Waals surface area contributed by atoms with Crippen molar-refractivity contribution in [3.05, 3.63) is 0 Å². The number of hydrogen-bond donors (Lipinski definition) is 7. The molecule has 9 heteroatoms. The molecule has 5 rings (SSSR count). The Kier molecular flexibility index (Phi) is 9.01. The number of rotatable bonds is 7. The van der Waals surface area contributed by atoms with Crippen LogP contribution in [-0.2, 0) is 9.47 Å². The first-order chi connectivity index (χ1) is 19.1. The number of fused-ring (bicyclic) bond motifs is 5. The maximum Gasteiger partial charge on any atom is 0.186 e. The third kappa shape index (κ3) is 5.33. The topological polar surface area (TPSA) is 160 Å². The highest BCUT2D eigenvalue weighted by Gasteiger charge is 2.70. The Morgan fingerprint density at radius 1 is 0.829 bits per heavy atom. The van der Waals surface area contributed by atoms with Crippen molar-refractivity contribution in [2.75, 3.05) is 6.61 Å². The predicted molar refractivity (Wildman–Crippen MR) is 151 cm³/mol. The van der Waals surface area contributed by atoms with Gasteiger partial charge in [-0.2, -0.15) is 0 Å². The quantitative estimate of drug-likeness (QED) is 0.237. The molecular formula is C32H56O9. The summed E-state index contributed by atoms with van der Waals surface area (Å²) in [6.45, 7) is 10.7. The summed E-state index contributed by atoms with van der Waals surface area (Å²) in [5.74, 6) is 0.240. The number of aliphatic hydroxyl groups is 7. The summed E-state index contributed by atoms with van der Waals surface area (Å²) in [4.78, 5) is 0. The van der Waals surface area contributed by atoms with Crippen LogP contribution < -0.4 is 0 Å². The van der Waals surface area contributed by atoms with Crippen LogP contribution in [0.1, 0.15) is 92.4 Å². The molecule has 0 amide bonds. The van der Waals surface area contributed by atoms with E-state index < -0.39 is 48.5 Å². The monoisotopic (exact) mass is 584 g/mol. The molecule has 41 heavy (non-hydrogen) atoms. The van der Waals surface area contributed by atoms with E-state index in [0.717, 1.165) is 25.7 Å². The summed E-state index contributed by atoms with van der Waals surface area (Å²) in [7, 11) is 0. The zero-order valence-corrected chi connectivity index (χ0v) is 25.6. The maximum absolute atomic E-state index is 12.5. The van der Waals surface area contributed by atoms with Gasteiger partial charge in [0.15, 0.2) is 6.29 Å². The number of aliphatic hydroxyl groups excluding tert-OH is 6. The lowest BCUT2D eigenvalue weighted by Crippen LogP contribution is -2.68. The van der Waals surface area contributed by atoms with Crippen molar-refractivity contribution < 1.29 is 45.2 Å². The third-order valence-electron chi connectivity index (χ3n) is 12.8. The number of hydrogen-bond acceptors (Lipinski definition) is 9. The van der Waals surface area contributed by atoms with Crippen molar-refractivity contribution in [2.24, 2.45) is 46.3 Å². The van der Waals surface area contributed by atoms with Crippen LogP contribution in [0.25, 0.3) is 0 Å². The zero-order valence-electron chi connectivity index (χ0n) is 25.6. The van der Waals surface area contributed by atoms with E-state index in [2.05, 4.69) is 34.6 Å². The predicted octanol–water partition coefficient (Wildman–Crippen LogP) is 1.96. The molecule has 4 aliphatic carbocycles. The highest BCUT2D eigenvalue weighted by Crippen LogP contribution is 2.69. The Morgan fingerprint density at radius 2 is 1.51 bits per heavy atom. The molecule has 0 bridgehead atoms. The van der Waals surface area contributed by atoms with Crippen molar-refractivity contribution in [1.82, 2.24) is 0 Å². The van der Waals surface area contributed by atoms with Gasteiger partial charge >= 0.3 is 0 Å². The molecule has 0 aromatic carbocycles. The minimum atomic E-state index is -1.32. The fourth-order valence-electron chi connectivity index (χ4n) is 10.7. The minimum absolute atomic E-state index is 0.00723. The summed E-state index contributed by atoms with van der Waals surface area (Å²) in [6, 6.07) is 0. The largest absolute Gasteiger partial charge is 0.393 e. The van der Waals surface area contributed by atoms with Gasteiger partial charge in [0.2, 0.25) is 0 Å². The van der Waals surface area contributed by atoms with E-state index in [-0.39, 0.29) is 65.5 Å². The first kappa shape index (κ1) is 32.0. The van der Waals surface area contributed by atoms with Gasteiger partial charge in [-0.25, -0.2) is 0 Å².